The van der Waals surface area contributed by atoms with Crippen LogP contribution in [0.25, 0.3) is 5.32 Å². The third kappa shape index (κ3) is 2.52. The Hall–Kier alpha value is 0.284. The summed E-state index contributed by atoms with van der Waals surface area (Å²) >= 11 is 0. The first-order chi connectivity index (χ1) is 7.90. The fraction of sp³-hybridized carbons (Fsp3) is 0.600. The van der Waals surface area contributed by atoms with E-state index in [1.54, 1.807) is 0 Å². The van der Waals surface area contributed by atoms with Crippen LogP contribution in [-0.2, 0) is 32.7 Å². The second kappa shape index (κ2) is 5.95. The zero-order valence-corrected chi connectivity index (χ0v) is 13.4. The second-order valence-corrected chi connectivity index (χ2v) is 5.26. The summed E-state index contributed by atoms with van der Waals surface area (Å²) < 4.78 is 0. The molecule has 0 amide bonds. The largest absolute Gasteiger partial charge is 0.659 e. The van der Waals surface area contributed by atoms with Gasteiger partial charge in [-0.2, -0.15) is 6.54 Å². The van der Waals surface area contributed by atoms with Gasteiger partial charge in [-0.3, -0.25) is 0 Å². The van der Waals surface area contributed by atoms with E-state index in [0.29, 0.717) is 6.04 Å². The quantitative estimate of drug-likeness (QED) is 0.802. The number of hydrogen-bond donors (Lipinski definition) is 0. The van der Waals surface area contributed by atoms with Crippen molar-refractivity contribution in [2.75, 3.05) is 6.54 Å². The van der Waals surface area contributed by atoms with E-state index in [9.17, 15) is 0 Å². The van der Waals surface area contributed by atoms with Gasteiger partial charge in [0.25, 0.3) is 0 Å². The molecule has 1 aromatic carbocycles. The molecule has 1 nitrogen and oxygen atoms in total. The van der Waals surface area contributed by atoms with Crippen LogP contribution in [0.5, 0.6) is 0 Å². The van der Waals surface area contributed by atoms with Gasteiger partial charge in [0.05, 0.1) is 0 Å². The number of likely N-dealkylation sites (N-methyl/N-ethyl adjacent to an activating group) is 1. The van der Waals surface area contributed by atoms with Gasteiger partial charge in [0, 0.05) is 32.7 Å². The summed E-state index contributed by atoms with van der Waals surface area (Å²) in [7, 11) is 0. The van der Waals surface area contributed by atoms with Gasteiger partial charge >= 0.3 is 0 Å². The molecule has 0 heterocycles. The van der Waals surface area contributed by atoms with Crippen molar-refractivity contribution in [2.45, 2.75) is 38.1 Å². The third-order valence-corrected chi connectivity index (χ3v) is 4.45. The van der Waals surface area contributed by atoms with Crippen molar-refractivity contribution in [2.24, 2.45) is 11.8 Å². The van der Waals surface area contributed by atoms with Crippen LogP contribution < -0.4 is 0 Å². The van der Waals surface area contributed by atoms with Crippen LogP contribution in [0.3, 0.4) is 0 Å². The van der Waals surface area contributed by atoms with E-state index in [0.717, 1.165) is 24.3 Å². The zero-order chi connectivity index (χ0) is 11.0. The Morgan fingerprint density at radius 2 is 1.82 bits per heavy atom. The number of fused-ring (bicyclic) bond motifs is 2. The number of nitrogens with zero attached hydrogens (tertiary/aromatic N) is 1. The molecule has 2 bridgehead atoms. The van der Waals surface area contributed by atoms with Crippen LogP contribution in [-0.4, -0.2) is 12.6 Å². The first-order valence-electron chi connectivity index (χ1n) is 6.61. The first-order valence-corrected chi connectivity index (χ1v) is 6.61. The molecule has 0 N–H and O–H groups in total. The standard InChI is InChI=1S/C15H20N.Y/c1-2-16-15-13-9-8-12(10-13)14(15)11-6-4-3-5-7-11;/h3-7,12-15H,2,8-10H2,1H3;/q-1;. The number of rotatable bonds is 3. The van der Waals surface area contributed by atoms with Crippen molar-refractivity contribution in [1.29, 1.82) is 0 Å². The summed E-state index contributed by atoms with van der Waals surface area (Å²) in [6.45, 7) is 3.16. The van der Waals surface area contributed by atoms with Gasteiger partial charge < -0.3 is 5.32 Å². The Morgan fingerprint density at radius 3 is 2.53 bits per heavy atom. The SMILES string of the molecule is CC[N-]C1C2CCC(C2)C1c1ccccc1.[Y]. The van der Waals surface area contributed by atoms with E-state index < -0.39 is 0 Å². The van der Waals surface area contributed by atoms with Crippen LogP contribution in [0.2, 0.25) is 0 Å². The molecule has 2 heteroatoms. The molecule has 0 aliphatic heterocycles. The molecule has 2 fully saturated rings. The van der Waals surface area contributed by atoms with Crippen LogP contribution in [0, 0.1) is 11.8 Å². The molecule has 17 heavy (non-hydrogen) atoms. The van der Waals surface area contributed by atoms with E-state index in [1.807, 2.05) is 0 Å². The van der Waals surface area contributed by atoms with Gasteiger partial charge in [-0.15, -0.1) is 6.04 Å². The molecule has 0 aromatic heterocycles. The number of hydrogen-bond acceptors (Lipinski definition) is 0. The summed E-state index contributed by atoms with van der Waals surface area (Å²) in [6, 6.07) is 11.7. The minimum absolute atomic E-state index is 0. The summed E-state index contributed by atoms with van der Waals surface area (Å²) in [5.41, 5.74) is 1.52. The molecular formula is C15H20NY-. The van der Waals surface area contributed by atoms with Crippen LogP contribution in [0.1, 0.15) is 37.7 Å². The Labute approximate surface area is 130 Å². The Kier molecular flexibility index (Phi) is 4.80. The maximum Gasteiger partial charge on any atom is 0 e. The monoisotopic (exact) mass is 303 g/mol. The van der Waals surface area contributed by atoms with Gasteiger partial charge in [0.15, 0.2) is 0 Å². The summed E-state index contributed by atoms with van der Waals surface area (Å²) in [4.78, 5) is 0. The molecule has 2 aliphatic rings. The van der Waals surface area contributed by atoms with Crippen molar-refractivity contribution >= 4 is 0 Å². The van der Waals surface area contributed by atoms with E-state index in [1.165, 1.54) is 24.8 Å². The van der Waals surface area contributed by atoms with Crippen molar-refractivity contribution in [1.82, 2.24) is 0 Å². The predicted molar refractivity (Wildman–Crippen MR) is 67.7 cm³/mol. The van der Waals surface area contributed by atoms with Crippen molar-refractivity contribution in [3.8, 4) is 0 Å². The molecule has 2 saturated carbocycles. The van der Waals surface area contributed by atoms with E-state index in [4.69, 9.17) is 5.32 Å². The molecule has 4 unspecified atom stereocenters. The van der Waals surface area contributed by atoms with Gasteiger partial charge in [-0.1, -0.05) is 49.6 Å². The second-order valence-electron chi connectivity index (χ2n) is 5.26. The molecule has 0 spiro atoms. The average Bonchev–Trinajstić information content (AvgIpc) is 2.91. The van der Waals surface area contributed by atoms with Crippen molar-refractivity contribution < 1.29 is 32.7 Å². The van der Waals surface area contributed by atoms with Gasteiger partial charge in [-0.05, 0) is 30.2 Å². The molecule has 89 valence electrons. The zero-order valence-electron chi connectivity index (χ0n) is 10.5. The Balaban J connectivity index is 0.00000108. The van der Waals surface area contributed by atoms with Gasteiger partial charge in [0.1, 0.15) is 0 Å². The molecular weight excluding hydrogens is 283 g/mol. The minimum atomic E-state index is 0. The molecule has 4 atom stereocenters. The van der Waals surface area contributed by atoms with Crippen molar-refractivity contribution in [3.05, 3.63) is 41.2 Å². The fourth-order valence-electron chi connectivity index (χ4n) is 3.88. The molecule has 1 radical (unpaired) electrons. The average molecular weight is 303 g/mol. The normalized spacial score (nSPS) is 34.6. The van der Waals surface area contributed by atoms with Gasteiger partial charge in [-0.25, -0.2) is 0 Å². The maximum atomic E-state index is 4.86. The minimum Gasteiger partial charge on any atom is -0.659 e. The first kappa shape index (κ1) is 13.7. The van der Waals surface area contributed by atoms with Gasteiger partial charge in [0.2, 0.25) is 0 Å². The van der Waals surface area contributed by atoms with E-state index in [-0.39, 0.29) is 32.7 Å². The van der Waals surface area contributed by atoms with E-state index in [2.05, 4.69) is 37.3 Å². The number of benzene rings is 1. The van der Waals surface area contributed by atoms with Crippen LogP contribution >= 0.6 is 0 Å². The Bertz CT molecular complexity index is 351. The third-order valence-electron chi connectivity index (χ3n) is 4.45. The van der Waals surface area contributed by atoms with Crippen LogP contribution in [0.4, 0.5) is 0 Å². The maximum absolute atomic E-state index is 4.86. The van der Waals surface area contributed by atoms with E-state index >= 15 is 0 Å². The summed E-state index contributed by atoms with van der Waals surface area (Å²) in [5.74, 6) is 2.52. The van der Waals surface area contributed by atoms with Crippen LogP contribution in [0.15, 0.2) is 30.3 Å². The molecule has 3 rings (SSSR count). The molecule has 1 aromatic rings. The predicted octanol–water partition coefficient (Wildman–Crippen LogP) is 3.96. The molecule has 0 saturated heterocycles. The smallest absolute Gasteiger partial charge is 0 e. The topological polar surface area (TPSA) is 14.1 Å². The fourth-order valence-corrected chi connectivity index (χ4v) is 3.88. The molecule has 2 aliphatic carbocycles. The summed E-state index contributed by atoms with van der Waals surface area (Å²) in [5, 5.41) is 4.86. The van der Waals surface area contributed by atoms with Crippen molar-refractivity contribution in [3.63, 3.8) is 0 Å². The summed E-state index contributed by atoms with van der Waals surface area (Å²) in [6.07, 6.45) is 4.27. The Morgan fingerprint density at radius 1 is 1.12 bits per heavy atom.